The SMILES string of the molecule is CCOc1ccc(CN2C[C@@H]3CC[C@@](O)(c4ccccn4)[C@@H]3C2)cc1OC. The summed E-state index contributed by atoms with van der Waals surface area (Å²) in [5.74, 6) is 2.34. The molecule has 2 fully saturated rings. The topological polar surface area (TPSA) is 54.8 Å². The maximum Gasteiger partial charge on any atom is 0.161 e. The van der Waals surface area contributed by atoms with Crippen LogP contribution in [0.15, 0.2) is 42.6 Å². The number of fused-ring (bicyclic) bond motifs is 1. The van der Waals surface area contributed by atoms with Crippen LogP contribution in [0.4, 0.5) is 0 Å². The molecule has 2 aromatic rings. The lowest BCUT2D eigenvalue weighted by molar-refractivity contribution is -0.0108. The lowest BCUT2D eigenvalue weighted by Gasteiger charge is -2.29. The van der Waals surface area contributed by atoms with Gasteiger partial charge < -0.3 is 14.6 Å². The Hall–Kier alpha value is -2.11. The maximum absolute atomic E-state index is 11.4. The molecule has 0 spiro atoms. The minimum atomic E-state index is -0.794. The van der Waals surface area contributed by atoms with Gasteiger partial charge in [-0.1, -0.05) is 12.1 Å². The zero-order valence-corrected chi connectivity index (χ0v) is 16.1. The summed E-state index contributed by atoms with van der Waals surface area (Å²) >= 11 is 0. The number of aromatic nitrogens is 1. The highest BCUT2D eigenvalue weighted by Gasteiger charge is 2.52. The van der Waals surface area contributed by atoms with E-state index in [1.54, 1.807) is 13.3 Å². The van der Waals surface area contributed by atoms with E-state index in [1.807, 2.05) is 31.2 Å². The zero-order chi connectivity index (χ0) is 18.9. The fraction of sp³-hybridized carbons (Fsp3) is 0.500. The summed E-state index contributed by atoms with van der Waals surface area (Å²) in [5, 5.41) is 11.4. The minimum Gasteiger partial charge on any atom is -0.493 e. The van der Waals surface area contributed by atoms with Crippen LogP contribution in [-0.4, -0.2) is 41.8 Å². The van der Waals surface area contributed by atoms with Gasteiger partial charge in [-0.15, -0.1) is 0 Å². The molecule has 27 heavy (non-hydrogen) atoms. The van der Waals surface area contributed by atoms with Crippen LogP contribution in [0.3, 0.4) is 0 Å². The molecule has 0 radical (unpaired) electrons. The molecule has 2 aliphatic rings. The quantitative estimate of drug-likeness (QED) is 0.848. The number of hydrogen-bond acceptors (Lipinski definition) is 5. The largest absolute Gasteiger partial charge is 0.493 e. The van der Waals surface area contributed by atoms with Gasteiger partial charge in [-0.3, -0.25) is 9.88 Å². The van der Waals surface area contributed by atoms with Crippen molar-refractivity contribution in [1.82, 2.24) is 9.88 Å². The predicted molar refractivity (Wildman–Crippen MR) is 104 cm³/mol. The Kier molecular flexibility index (Phi) is 5.06. The van der Waals surface area contributed by atoms with Gasteiger partial charge in [-0.05, 0) is 55.5 Å². The van der Waals surface area contributed by atoms with Crippen LogP contribution >= 0.6 is 0 Å². The number of aliphatic hydroxyl groups is 1. The van der Waals surface area contributed by atoms with Crippen LogP contribution in [0.2, 0.25) is 0 Å². The van der Waals surface area contributed by atoms with E-state index in [9.17, 15) is 5.11 Å². The molecule has 1 N–H and O–H groups in total. The summed E-state index contributed by atoms with van der Waals surface area (Å²) in [6.07, 6.45) is 3.64. The van der Waals surface area contributed by atoms with Gasteiger partial charge in [-0.2, -0.15) is 0 Å². The molecule has 0 unspecified atom stereocenters. The summed E-state index contributed by atoms with van der Waals surface area (Å²) in [4.78, 5) is 6.89. The van der Waals surface area contributed by atoms with Crippen LogP contribution in [0.5, 0.6) is 11.5 Å². The number of likely N-dealkylation sites (tertiary alicyclic amines) is 1. The third kappa shape index (κ3) is 3.42. The van der Waals surface area contributed by atoms with E-state index in [2.05, 4.69) is 22.0 Å². The number of methoxy groups -OCH3 is 1. The minimum absolute atomic E-state index is 0.247. The van der Waals surface area contributed by atoms with Crippen LogP contribution < -0.4 is 9.47 Å². The average Bonchev–Trinajstić information content (AvgIpc) is 3.24. The van der Waals surface area contributed by atoms with E-state index in [4.69, 9.17) is 9.47 Å². The van der Waals surface area contributed by atoms with Gasteiger partial charge in [-0.25, -0.2) is 0 Å². The number of ether oxygens (including phenoxy) is 2. The van der Waals surface area contributed by atoms with Crippen LogP contribution in [0, 0.1) is 11.8 Å². The zero-order valence-electron chi connectivity index (χ0n) is 16.1. The van der Waals surface area contributed by atoms with E-state index in [0.29, 0.717) is 12.5 Å². The molecule has 5 nitrogen and oxygen atoms in total. The molecule has 5 heteroatoms. The number of nitrogens with zero attached hydrogens (tertiary/aromatic N) is 2. The highest BCUT2D eigenvalue weighted by Crippen LogP contribution is 2.50. The van der Waals surface area contributed by atoms with Crippen molar-refractivity contribution >= 4 is 0 Å². The van der Waals surface area contributed by atoms with E-state index < -0.39 is 5.60 Å². The number of rotatable bonds is 6. The van der Waals surface area contributed by atoms with Crippen molar-refractivity contribution in [3.8, 4) is 11.5 Å². The second-order valence-corrected chi connectivity index (χ2v) is 7.66. The predicted octanol–water partition coefficient (Wildman–Crippen LogP) is 3.22. The molecule has 2 heterocycles. The van der Waals surface area contributed by atoms with Crippen molar-refractivity contribution < 1.29 is 14.6 Å². The van der Waals surface area contributed by atoms with Crippen LogP contribution in [0.25, 0.3) is 0 Å². The molecule has 1 aliphatic heterocycles. The summed E-state index contributed by atoms with van der Waals surface area (Å²) in [6.45, 7) is 5.37. The molecule has 1 aromatic carbocycles. The molecule has 1 aromatic heterocycles. The number of hydrogen-bond donors (Lipinski definition) is 1. The lowest BCUT2D eigenvalue weighted by atomic mass is 9.85. The van der Waals surface area contributed by atoms with E-state index in [-0.39, 0.29) is 5.92 Å². The first-order valence-corrected chi connectivity index (χ1v) is 9.80. The van der Waals surface area contributed by atoms with E-state index >= 15 is 0 Å². The van der Waals surface area contributed by atoms with Gasteiger partial charge in [0.05, 0.1) is 19.4 Å². The first-order chi connectivity index (χ1) is 13.1. The van der Waals surface area contributed by atoms with Crippen molar-refractivity contribution in [3.05, 3.63) is 53.9 Å². The van der Waals surface area contributed by atoms with Crippen LogP contribution in [-0.2, 0) is 12.1 Å². The van der Waals surface area contributed by atoms with Gasteiger partial charge in [0.1, 0.15) is 5.60 Å². The van der Waals surface area contributed by atoms with Crippen molar-refractivity contribution in [2.75, 3.05) is 26.8 Å². The third-order valence-electron chi connectivity index (χ3n) is 6.07. The first-order valence-electron chi connectivity index (χ1n) is 9.80. The molecule has 3 atom stereocenters. The second kappa shape index (κ2) is 7.49. The van der Waals surface area contributed by atoms with Crippen molar-refractivity contribution in [2.24, 2.45) is 11.8 Å². The third-order valence-corrected chi connectivity index (χ3v) is 6.07. The fourth-order valence-electron chi connectivity index (χ4n) is 4.79. The Morgan fingerprint density at radius 3 is 2.85 bits per heavy atom. The average molecular weight is 368 g/mol. The van der Waals surface area contributed by atoms with E-state index in [0.717, 1.165) is 49.7 Å². The fourth-order valence-corrected chi connectivity index (χ4v) is 4.79. The molecule has 0 amide bonds. The molecule has 1 aliphatic carbocycles. The summed E-state index contributed by atoms with van der Waals surface area (Å²) in [7, 11) is 1.68. The Labute approximate surface area is 160 Å². The first kappa shape index (κ1) is 18.3. The molecule has 0 bridgehead atoms. The molecule has 1 saturated heterocycles. The smallest absolute Gasteiger partial charge is 0.161 e. The van der Waals surface area contributed by atoms with Gasteiger partial charge in [0.15, 0.2) is 11.5 Å². The van der Waals surface area contributed by atoms with Crippen molar-refractivity contribution in [2.45, 2.75) is 31.9 Å². The second-order valence-electron chi connectivity index (χ2n) is 7.66. The highest BCUT2D eigenvalue weighted by molar-refractivity contribution is 5.43. The summed E-state index contributed by atoms with van der Waals surface area (Å²) in [6, 6.07) is 12.0. The molecular formula is C22H28N2O3. The molecular weight excluding hydrogens is 340 g/mol. The molecule has 4 rings (SSSR count). The standard InChI is InChI=1S/C22H28N2O3/c1-3-27-19-8-7-16(12-20(19)26-2)13-24-14-17-9-10-22(25,18(17)15-24)21-6-4-5-11-23-21/h4-8,11-12,17-18,25H,3,9-10,13-15H2,1-2H3/t17-,18+,22-/m0/s1. The lowest BCUT2D eigenvalue weighted by Crippen LogP contribution is -2.35. The van der Waals surface area contributed by atoms with Gasteiger partial charge in [0.25, 0.3) is 0 Å². The Balaban J connectivity index is 1.47. The van der Waals surface area contributed by atoms with Gasteiger partial charge in [0.2, 0.25) is 0 Å². The Bertz CT molecular complexity index is 782. The highest BCUT2D eigenvalue weighted by atomic mass is 16.5. The molecule has 144 valence electrons. The Morgan fingerprint density at radius 1 is 1.22 bits per heavy atom. The molecule has 1 saturated carbocycles. The number of pyridine rings is 1. The van der Waals surface area contributed by atoms with E-state index in [1.165, 1.54) is 5.56 Å². The van der Waals surface area contributed by atoms with Crippen molar-refractivity contribution in [3.63, 3.8) is 0 Å². The van der Waals surface area contributed by atoms with Gasteiger partial charge in [0, 0.05) is 31.7 Å². The van der Waals surface area contributed by atoms with Crippen molar-refractivity contribution in [1.29, 1.82) is 0 Å². The number of benzene rings is 1. The maximum atomic E-state index is 11.4. The monoisotopic (exact) mass is 368 g/mol. The van der Waals surface area contributed by atoms with Gasteiger partial charge >= 0.3 is 0 Å². The normalized spacial score (nSPS) is 27.5. The Morgan fingerprint density at radius 2 is 2.11 bits per heavy atom. The summed E-state index contributed by atoms with van der Waals surface area (Å²) < 4.78 is 11.1. The van der Waals surface area contributed by atoms with Crippen LogP contribution in [0.1, 0.15) is 31.0 Å². The summed E-state index contributed by atoms with van der Waals surface area (Å²) in [5.41, 5.74) is 1.23.